The first-order chi connectivity index (χ1) is 9.06. The topological polar surface area (TPSA) is 41.6 Å². The van der Waals surface area contributed by atoms with E-state index in [1.807, 2.05) is 20.2 Å². The van der Waals surface area contributed by atoms with Crippen molar-refractivity contribution < 1.29 is 9.53 Å². The van der Waals surface area contributed by atoms with Gasteiger partial charge in [0, 0.05) is 20.5 Å². The summed E-state index contributed by atoms with van der Waals surface area (Å²) in [6.07, 6.45) is 3.27. The maximum absolute atomic E-state index is 11.5. The van der Waals surface area contributed by atoms with Crippen molar-refractivity contribution >= 4 is 5.91 Å². The van der Waals surface area contributed by atoms with E-state index in [0.717, 1.165) is 25.0 Å². The van der Waals surface area contributed by atoms with Crippen LogP contribution in [0.2, 0.25) is 0 Å². The van der Waals surface area contributed by atoms with Crippen LogP contribution in [-0.2, 0) is 17.6 Å². The molecular formula is C15H24N2O2. The molecule has 0 atom stereocenters. The Morgan fingerprint density at radius 2 is 2.11 bits per heavy atom. The lowest BCUT2D eigenvalue weighted by Gasteiger charge is -2.12. The van der Waals surface area contributed by atoms with Crippen LogP contribution in [0.4, 0.5) is 0 Å². The van der Waals surface area contributed by atoms with E-state index in [1.165, 1.54) is 11.1 Å². The van der Waals surface area contributed by atoms with Gasteiger partial charge in [-0.1, -0.05) is 19.1 Å². The molecule has 1 aromatic carbocycles. The summed E-state index contributed by atoms with van der Waals surface area (Å²) in [5.41, 5.74) is 5.22. The summed E-state index contributed by atoms with van der Waals surface area (Å²) >= 11 is 0. The molecule has 0 unspecified atom stereocenters. The van der Waals surface area contributed by atoms with Gasteiger partial charge in [-0.05, 0) is 36.5 Å². The Kier molecular flexibility index (Phi) is 6.36. The second-order valence-electron chi connectivity index (χ2n) is 4.78. The Labute approximate surface area is 115 Å². The van der Waals surface area contributed by atoms with Gasteiger partial charge in [-0.2, -0.15) is 0 Å². The van der Waals surface area contributed by atoms with Crippen LogP contribution in [0.25, 0.3) is 0 Å². The van der Waals surface area contributed by atoms with Gasteiger partial charge in [0.25, 0.3) is 0 Å². The molecule has 0 aromatic heterocycles. The molecule has 1 aromatic rings. The van der Waals surface area contributed by atoms with Crippen LogP contribution in [0.15, 0.2) is 18.2 Å². The highest BCUT2D eigenvalue weighted by Gasteiger charge is 2.05. The summed E-state index contributed by atoms with van der Waals surface area (Å²) in [4.78, 5) is 11.5. The lowest BCUT2D eigenvalue weighted by molar-refractivity contribution is -0.124. The molecule has 0 aliphatic carbocycles. The molecule has 0 radical (unpaired) electrons. The van der Waals surface area contributed by atoms with Gasteiger partial charge in [0.2, 0.25) is 5.91 Å². The van der Waals surface area contributed by atoms with Crippen LogP contribution in [0, 0.1) is 0 Å². The van der Waals surface area contributed by atoms with E-state index in [2.05, 4.69) is 24.5 Å². The van der Waals surface area contributed by atoms with Crippen molar-refractivity contribution in [3.63, 3.8) is 0 Å². The van der Waals surface area contributed by atoms with Crippen molar-refractivity contribution in [1.29, 1.82) is 0 Å². The van der Waals surface area contributed by atoms with Gasteiger partial charge in [0.05, 0.1) is 7.11 Å². The van der Waals surface area contributed by atoms with Gasteiger partial charge in [0.1, 0.15) is 5.75 Å². The second kappa shape index (κ2) is 7.79. The Hall–Kier alpha value is -1.55. The predicted octanol–water partition coefficient (Wildman–Crippen LogP) is 2.17. The van der Waals surface area contributed by atoms with Crippen molar-refractivity contribution in [3.8, 4) is 5.75 Å². The van der Waals surface area contributed by atoms with Crippen LogP contribution >= 0.6 is 0 Å². The minimum Gasteiger partial charge on any atom is -0.496 e. The third-order valence-electron chi connectivity index (χ3n) is 2.94. The molecule has 4 heteroatoms. The highest BCUT2D eigenvalue weighted by molar-refractivity contribution is 5.75. The number of carbonyl (C=O) groups is 1. The van der Waals surface area contributed by atoms with E-state index in [9.17, 15) is 4.79 Å². The summed E-state index contributed by atoms with van der Waals surface area (Å²) in [6.45, 7) is 2.12. The standard InChI is InChI=1S/C15H24N2O2/c1-5-13-11-12(9-10-14(13)19-4)7-6-8-15(18)16-17(2)3/h9-11H,5-8H2,1-4H3,(H,16,18). The number of hydrogen-bond donors (Lipinski definition) is 1. The molecule has 0 spiro atoms. The predicted molar refractivity (Wildman–Crippen MR) is 77.1 cm³/mol. The molecule has 1 rings (SSSR count). The van der Waals surface area contributed by atoms with E-state index in [4.69, 9.17) is 4.74 Å². The number of hydrogen-bond acceptors (Lipinski definition) is 3. The summed E-state index contributed by atoms with van der Waals surface area (Å²) in [5, 5.41) is 1.67. The first-order valence-corrected chi connectivity index (χ1v) is 6.69. The Balaban J connectivity index is 2.47. The van der Waals surface area contributed by atoms with Gasteiger partial charge < -0.3 is 4.74 Å². The zero-order valence-electron chi connectivity index (χ0n) is 12.3. The van der Waals surface area contributed by atoms with Crippen molar-refractivity contribution in [2.45, 2.75) is 32.6 Å². The Morgan fingerprint density at radius 1 is 1.37 bits per heavy atom. The molecule has 19 heavy (non-hydrogen) atoms. The molecule has 0 saturated carbocycles. The quantitative estimate of drug-likeness (QED) is 0.767. The Bertz CT molecular complexity index is 417. The highest BCUT2D eigenvalue weighted by atomic mass is 16.5. The third-order valence-corrected chi connectivity index (χ3v) is 2.94. The fourth-order valence-electron chi connectivity index (χ4n) is 2.02. The monoisotopic (exact) mass is 264 g/mol. The zero-order valence-corrected chi connectivity index (χ0v) is 12.3. The highest BCUT2D eigenvalue weighted by Crippen LogP contribution is 2.21. The Morgan fingerprint density at radius 3 is 2.68 bits per heavy atom. The molecule has 0 aliphatic heterocycles. The van der Waals surface area contributed by atoms with Gasteiger partial charge in [0.15, 0.2) is 0 Å². The molecule has 0 fully saturated rings. The molecule has 1 amide bonds. The van der Waals surface area contributed by atoms with Gasteiger partial charge >= 0.3 is 0 Å². The van der Waals surface area contributed by atoms with Gasteiger partial charge in [-0.3, -0.25) is 10.2 Å². The zero-order chi connectivity index (χ0) is 14.3. The first kappa shape index (κ1) is 15.5. The number of amides is 1. The van der Waals surface area contributed by atoms with Crippen molar-refractivity contribution in [2.75, 3.05) is 21.2 Å². The van der Waals surface area contributed by atoms with Crippen molar-refractivity contribution in [1.82, 2.24) is 10.4 Å². The fourth-order valence-corrected chi connectivity index (χ4v) is 2.02. The maximum atomic E-state index is 11.5. The molecule has 0 heterocycles. The molecule has 106 valence electrons. The number of rotatable bonds is 7. The van der Waals surface area contributed by atoms with E-state index >= 15 is 0 Å². The van der Waals surface area contributed by atoms with Crippen LogP contribution in [0.3, 0.4) is 0 Å². The number of nitrogens with zero attached hydrogens (tertiary/aromatic N) is 1. The van der Waals surface area contributed by atoms with E-state index < -0.39 is 0 Å². The lowest BCUT2D eigenvalue weighted by Crippen LogP contribution is -2.35. The molecule has 0 bridgehead atoms. The lowest BCUT2D eigenvalue weighted by atomic mass is 10.0. The average molecular weight is 264 g/mol. The molecule has 0 saturated heterocycles. The number of nitrogens with one attached hydrogen (secondary N) is 1. The minimum atomic E-state index is 0.0641. The summed E-state index contributed by atoms with van der Waals surface area (Å²) < 4.78 is 5.31. The molecule has 1 N–H and O–H groups in total. The number of carbonyl (C=O) groups excluding carboxylic acids is 1. The number of aryl methyl sites for hydroxylation is 2. The van der Waals surface area contributed by atoms with Crippen LogP contribution in [-0.4, -0.2) is 32.1 Å². The van der Waals surface area contributed by atoms with E-state index in [0.29, 0.717) is 6.42 Å². The fraction of sp³-hybridized carbons (Fsp3) is 0.533. The normalized spacial score (nSPS) is 10.6. The van der Waals surface area contributed by atoms with Crippen molar-refractivity contribution in [3.05, 3.63) is 29.3 Å². The van der Waals surface area contributed by atoms with Gasteiger partial charge in [-0.25, -0.2) is 5.01 Å². The number of benzene rings is 1. The second-order valence-corrected chi connectivity index (χ2v) is 4.78. The third kappa shape index (κ3) is 5.30. The number of hydrazine groups is 1. The average Bonchev–Trinajstić information content (AvgIpc) is 2.37. The van der Waals surface area contributed by atoms with E-state index in [-0.39, 0.29) is 5.91 Å². The van der Waals surface area contributed by atoms with Crippen LogP contribution in [0.1, 0.15) is 30.9 Å². The SMILES string of the molecule is CCc1cc(CCCC(=O)NN(C)C)ccc1OC. The van der Waals surface area contributed by atoms with E-state index in [1.54, 1.807) is 12.1 Å². The summed E-state index contributed by atoms with van der Waals surface area (Å²) in [7, 11) is 5.32. The van der Waals surface area contributed by atoms with Crippen molar-refractivity contribution in [2.24, 2.45) is 0 Å². The van der Waals surface area contributed by atoms with Gasteiger partial charge in [-0.15, -0.1) is 0 Å². The summed E-state index contributed by atoms with van der Waals surface area (Å²) in [6, 6.07) is 6.25. The first-order valence-electron chi connectivity index (χ1n) is 6.69. The molecular weight excluding hydrogens is 240 g/mol. The minimum absolute atomic E-state index is 0.0641. The maximum Gasteiger partial charge on any atom is 0.234 e. The number of ether oxygens (including phenoxy) is 1. The molecule has 4 nitrogen and oxygen atoms in total. The van der Waals surface area contributed by atoms with Crippen LogP contribution in [0.5, 0.6) is 5.75 Å². The van der Waals surface area contributed by atoms with Crippen LogP contribution < -0.4 is 10.2 Å². The summed E-state index contributed by atoms with van der Waals surface area (Å²) in [5.74, 6) is 1.01. The molecule has 0 aliphatic rings. The smallest absolute Gasteiger partial charge is 0.234 e. The number of methoxy groups -OCH3 is 1. The largest absolute Gasteiger partial charge is 0.496 e.